The monoisotopic (exact) mass is 395 g/mol. The highest BCUT2D eigenvalue weighted by atomic mass is 19.1. The maximum Gasteiger partial charge on any atom is 0.253 e. The normalized spacial score (nSPS) is 16.9. The quantitative estimate of drug-likeness (QED) is 0.866. The topological polar surface area (TPSA) is 52.7 Å². The molecule has 1 aliphatic carbocycles. The van der Waals surface area contributed by atoms with E-state index in [0.717, 1.165) is 18.4 Å². The van der Waals surface area contributed by atoms with Crippen LogP contribution < -0.4 is 5.32 Å². The molecule has 1 aliphatic heterocycles. The molecular weight excluding hydrogens is 369 g/mol. The van der Waals surface area contributed by atoms with E-state index in [-0.39, 0.29) is 24.2 Å². The fourth-order valence-electron chi connectivity index (χ4n) is 4.09. The fraction of sp³-hybridized carbons (Fsp3) is 0.391. The predicted molar refractivity (Wildman–Crippen MR) is 110 cm³/mol. The summed E-state index contributed by atoms with van der Waals surface area (Å²) in [6.45, 7) is 2.80. The predicted octanol–water partition coefficient (Wildman–Crippen LogP) is 3.10. The summed E-state index contributed by atoms with van der Waals surface area (Å²) in [6, 6.07) is 11.9. The number of rotatable bonds is 4. The molecule has 152 valence electrons. The van der Waals surface area contributed by atoms with Crippen molar-refractivity contribution < 1.29 is 14.0 Å². The highest BCUT2D eigenvalue weighted by molar-refractivity contribution is 5.95. The van der Waals surface area contributed by atoms with Crippen molar-refractivity contribution in [3.8, 4) is 0 Å². The lowest BCUT2D eigenvalue weighted by molar-refractivity contribution is -0.117. The molecule has 1 fully saturated rings. The number of piperazine rings is 1. The number of amides is 2. The molecule has 0 saturated carbocycles. The lowest BCUT2D eigenvalue weighted by atomic mass is 9.90. The minimum Gasteiger partial charge on any atom is -0.336 e. The molecule has 2 aromatic rings. The lowest BCUT2D eigenvalue weighted by Crippen LogP contribution is -2.50. The van der Waals surface area contributed by atoms with Crippen molar-refractivity contribution in [1.82, 2.24) is 9.80 Å². The Kier molecular flexibility index (Phi) is 5.90. The Balaban J connectivity index is 1.28. The van der Waals surface area contributed by atoms with E-state index in [2.05, 4.69) is 17.4 Å². The Morgan fingerprint density at radius 2 is 1.59 bits per heavy atom. The third kappa shape index (κ3) is 4.82. The highest BCUT2D eigenvalue weighted by Crippen LogP contribution is 2.23. The Hall–Kier alpha value is -2.73. The zero-order valence-electron chi connectivity index (χ0n) is 16.5. The summed E-state index contributed by atoms with van der Waals surface area (Å²) in [5.74, 6) is -0.387. The van der Waals surface area contributed by atoms with Crippen LogP contribution in [0, 0.1) is 5.82 Å². The second kappa shape index (κ2) is 8.74. The molecule has 0 atom stereocenters. The molecule has 2 aliphatic rings. The lowest BCUT2D eigenvalue weighted by Gasteiger charge is -2.34. The van der Waals surface area contributed by atoms with E-state index in [1.165, 1.54) is 36.1 Å². The Morgan fingerprint density at radius 3 is 2.31 bits per heavy atom. The molecule has 0 unspecified atom stereocenters. The van der Waals surface area contributed by atoms with E-state index in [9.17, 15) is 14.0 Å². The van der Waals surface area contributed by atoms with E-state index in [0.29, 0.717) is 31.9 Å². The van der Waals surface area contributed by atoms with Gasteiger partial charge in [-0.1, -0.05) is 6.07 Å². The van der Waals surface area contributed by atoms with Gasteiger partial charge in [0.15, 0.2) is 0 Å². The van der Waals surface area contributed by atoms with Gasteiger partial charge in [-0.05, 0) is 73.2 Å². The molecule has 6 heteroatoms. The number of nitrogens with zero attached hydrogens (tertiary/aromatic N) is 2. The maximum atomic E-state index is 13.0. The molecule has 2 aromatic carbocycles. The molecule has 1 saturated heterocycles. The Labute approximate surface area is 170 Å². The van der Waals surface area contributed by atoms with Crippen molar-refractivity contribution in [3.63, 3.8) is 0 Å². The average Bonchev–Trinajstić information content (AvgIpc) is 2.75. The van der Waals surface area contributed by atoms with E-state index < -0.39 is 0 Å². The van der Waals surface area contributed by atoms with E-state index >= 15 is 0 Å². The third-order valence-electron chi connectivity index (χ3n) is 5.75. The van der Waals surface area contributed by atoms with Crippen molar-refractivity contribution >= 4 is 17.5 Å². The van der Waals surface area contributed by atoms with E-state index in [1.807, 2.05) is 15.9 Å². The summed E-state index contributed by atoms with van der Waals surface area (Å²) in [5.41, 5.74) is 4.05. The summed E-state index contributed by atoms with van der Waals surface area (Å²) in [7, 11) is 0. The van der Waals surface area contributed by atoms with Gasteiger partial charge in [-0.15, -0.1) is 0 Å². The average molecular weight is 395 g/mol. The number of carbonyl (C=O) groups excluding carboxylic acids is 2. The molecule has 1 N–H and O–H groups in total. The number of nitrogens with one attached hydrogen (secondary N) is 1. The molecule has 0 radical (unpaired) electrons. The molecule has 0 spiro atoms. The van der Waals surface area contributed by atoms with Crippen molar-refractivity contribution in [2.75, 3.05) is 38.0 Å². The number of carbonyl (C=O) groups is 2. The number of hydrogen-bond acceptors (Lipinski definition) is 3. The molecule has 0 aromatic heterocycles. The summed E-state index contributed by atoms with van der Waals surface area (Å²) >= 11 is 0. The van der Waals surface area contributed by atoms with E-state index in [1.54, 1.807) is 12.1 Å². The minimum atomic E-state index is -0.331. The van der Waals surface area contributed by atoms with Crippen LogP contribution in [0.25, 0.3) is 0 Å². The van der Waals surface area contributed by atoms with Crippen molar-refractivity contribution in [1.29, 1.82) is 0 Å². The standard InChI is InChI=1S/C23H26FN3O2/c24-20-7-9-21(10-8-20)25-22(28)16-26-11-13-27(14-12-26)23(29)19-6-5-17-3-1-2-4-18(17)15-19/h5-10,15H,1-4,11-14,16H2,(H,25,28). The van der Waals surface area contributed by atoms with Gasteiger partial charge < -0.3 is 10.2 Å². The van der Waals surface area contributed by atoms with Gasteiger partial charge in [-0.3, -0.25) is 14.5 Å². The largest absolute Gasteiger partial charge is 0.336 e. The van der Waals surface area contributed by atoms with Crippen LogP contribution in [0.2, 0.25) is 0 Å². The smallest absolute Gasteiger partial charge is 0.253 e. The number of halogens is 1. The minimum absolute atomic E-state index is 0.0776. The van der Waals surface area contributed by atoms with Crippen LogP contribution in [-0.4, -0.2) is 54.3 Å². The van der Waals surface area contributed by atoms with Gasteiger partial charge in [0.2, 0.25) is 5.91 Å². The first-order valence-corrected chi connectivity index (χ1v) is 10.3. The van der Waals surface area contributed by atoms with E-state index in [4.69, 9.17) is 0 Å². The molecule has 29 heavy (non-hydrogen) atoms. The van der Waals surface area contributed by atoms with Gasteiger partial charge in [0.25, 0.3) is 5.91 Å². The van der Waals surface area contributed by atoms with Gasteiger partial charge in [0.05, 0.1) is 6.54 Å². The number of anilines is 1. The van der Waals surface area contributed by atoms with Gasteiger partial charge in [-0.25, -0.2) is 4.39 Å². The van der Waals surface area contributed by atoms with Crippen LogP contribution in [0.1, 0.15) is 34.3 Å². The number of benzene rings is 2. The first kappa shape index (κ1) is 19.6. The number of hydrogen-bond donors (Lipinski definition) is 1. The van der Waals surface area contributed by atoms with Gasteiger partial charge in [-0.2, -0.15) is 0 Å². The van der Waals surface area contributed by atoms with Gasteiger partial charge in [0.1, 0.15) is 5.82 Å². The SMILES string of the molecule is O=C(CN1CCN(C(=O)c2ccc3c(c2)CCCC3)CC1)Nc1ccc(F)cc1. The molecular formula is C23H26FN3O2. The van der Waals surface area contributed by atoms with Crippen molar-refractivity contribution in [2.45, 2.75) is 25.7 Å². The summed E-state index contributed by atoms with van der Waals surface area (Å²) in [4.78, 5) is 29.0. The van der Waals surface area contributed by atoms with Crippen LogP contribution >= 0.6 is 0 Å². The first-order valence-electron chi connectivity index (χ1n) is 10.3. The molecule has 2 amide bonds. The molecule has 1 heterocycles. The second-order valence-electron chi connectivity index (χ2n) is 7.81. The van der Waals surface area contributed by atoms with Crippen LogP contribution in [0.15, 0.2) is 42.5 Å². The summed E-state index contributed by atoms with van der Waals surface area (Å²) < 4.78 is 13.0. The first-order chi connectivity index (χ1) is 14.1. The Bertz CT molecular complexity index is 889. The summed E-state index contributed by atoms with van der Waals surface area (Å²) in [6.07, 6.45) is 4.61. The maximum absolute atomic E-state index is 13.0. The highest BCUT2D eigenvalue weighted by Gasteiger charge is 2.24. The fourth-order valence-corrected chi connectivity index (χ4v) is 4.09. The van der Waals surface area contributed by atoms with Crippen molar-refractivity contribution in [2.24, 2.45) is 0 Å². The van der Waals surface area contributed by atoms with Crippen LogP contribution in [0.5, 0.6) is 0 Å². The van der Waals surface area contributed by atoms with Crippen LogP contribution in [0.3, 0.4) is 0 Å². The zero-order chi connectivity index (χ0) is 20.2. The molecule has 0 bridgehead atoms. The third-order valence-corrected chi connectivity index (χ3v) is 5.75. The number of fused-ring (bicyclic) bond motifs is 1. The van der Waals surface area contributed by atoms with Crippen LogP contribution in [-0.2, 0) is 17.6 Å². The number of aryl methyl sites for hydroxylation is 2. The van der Waals surface area contributed by atoms with Crippen LogP contribution in [0.4, 0.5) is 10.1 Å². The second-order valence-corrected chi connectivity index (χ2v) is 7.81. The zero-order valence-corrected chi connectivity index (χ0v) is 16.5. The summed E-state index contributed by atoms with van der Waals surface area (Å²) in [5, 5.41) is 2.78. The van der Waals surface area contributed by atoms with Crippen molar-refractivity contribution in [3.05, 3.63) is 65.0 Å². The van der Waals surface area contributed by atoms with Gasteiger partial charge in [0, 0.05) is 37.4 Å². The molecule has 5 nitrogen and oxygen atoms in total. The molecule has 4 rings (SSSR count). The Morgan fingerprint density at radius 1 is 0.897 bits per heavy atom. The van der Waals surface area contributed by atoms with Gasteiger partial charge >= 0.3 is 0 Å².